The van der Waals surface area contributed by atoms with Crippen molar-refractivity contribution in [1.82, 2.24) is 10.6 Å². The highest BCUT2D eigenvalue weighted by molar-refractivity contribution is 5.81. The molecular formula is C13H20FN3O. The summed E-state index contributed by atoms with van der Waals surface area (Å²) < 4.78 is 13.8. The highest BCUT2D eigenvalue weighted by atomic mass is 19.1. The number of hydrogen-bond donors (Lipinski definition) is 2. The van der Waals surface area contributed by atoms with E-state index in [0.29, 0.717) is 18.7 Å². The van der Waals surface area contributed by atoms with Gasteiger partial charge in [0.05, 0.1) is 6.54 Å². The zero-order valence-corrected chi connectivity index (χ0v) is 11.1. The van der Waals surface area contributed by atoms with Gasteiger partial charge in [-0.1, -0.05) is 6.07 Å². The highest BCUT2D eigenvalue weighted by Gasteiger charge is 2.15. The van der Waals surface area contributed by atoms with Crippen molar-refractivity contribution in [3.63, 3.8) is 0 Å². The predicted octanol–water partition coefficient (Wildman–Crippen LogP) is 1.12. The molecule has 1 rings (SSSR count). The van der Waals surface area contributed by atoms with Gasteiger partial charge in [-0.2, -0.15) is 0 Å². The zero-order chi connectivity index (χ0) is 13.5. The minimum absolute atomic E-state index is 0.0866. The SMILES string of the molecule is CCN(CC(=O)NC)c1cccc(F)c1CNC. The molecule has 0 heterocycles. The summed E-state index contributed by atoms with van der Waals surface area (Å²) >= 11 is 0. The maximum Gasteiger partial charge on any atom is 0.239 e. The number of benzene rings is 1. The number of amides is 1. The van der Waals surface area contributed by atoms with E-state index in [4.69, 9.17) is 0 Å². The standard InChI is InChI=1S/C13H20FN3O/c1-4-17(9-13(18)16-3)12-7-5-6-11(14)10(12)8-15-2/h5-7,15H,4,8-9H2,1-3H3,(H,16,18). The molecule has 1 aromatic carbocycles. The molecule has 2 N–H and O–H groups in total. The van der Waals surface area contributed by atoms with E-state index < -0.39 is 0 Å². The van der Waals surface area contributed by atoms with E-state index in [1.54, 1.807) is 20.2 Å². The number of likely N-dealkylation sites (N-methyl/N-ethyl adjacent to an activating group) is 2. The van der Waals surface area contributed by atoms with Gasteiger partial charge in [-0.15, -0.1) is 0 Å². The van der Waals surface area contributed by atoms with E-state index >= 15 is 0 Å². The summed E-state index contributed by atoms with van der Waals surface area (Å²) in [5, 5.41) is 5.52. The summed E-state index contributed by atoms with van der Waals surface area (Å²) in [6.45, 7) is 3.25. The molecule has 0 aliphatic carbocycles. The van der Waals surface area contributed by atoms with Gasteiger partial charge in [-0.3, -0.25) is 4.79 Å². The molecule has 0 saturated carbocycles. The molecule has 0 aliphatic heterocycles. The van der Waals surface area contributed by atoms with Gasteiger partial charge in [-0.25, -0.2) is 4.39 Å². The lowest BCUT2D eigenvalue weighted by Gasteiger charge is -2.25. The number of rotatable bonds is 6. The van der Waals surface area contributed by atoms with Crippen LogP contribution in [-0.4, -0.2) is 33.1 Å². The average molecular weight is 253 g/mol. The van der Waals surface area contributed by atoms with Crippen LogP contribution in [0.4, 0.5) is 10.1 Å². The van der Waals surface area contributed by atoms with Gasteiger partial charge in [0.2, 0.25) is 5.91 Å². The van der Waals surface area contributed by atoms with Crippen molar-refractivity contribution in [2.24, 2.45) is 0 Å². The van der Waals surface area contributed by atoms with Crippen molar-refractivity contribution in [3.8, 4) is 0 Å². The first-order valence-electron chi connectivity index (χ1n) is 6.01. The van der Waals surface area contributed by atoms with E-state index in [1.165, 1.54) is 6.07 Å². The first kappa shape index (κ1) is 14.4. The Balaban J connectivity index is 3.04. The maximum atomic E-state index is 13.8. The number of carbonyl (C=O) groups excluding carboxylic acids is 1. The molecule has 0 unspecified atom stereocenters. The number of anilines is 1. The fourth-order valence-electron chi connectivity index (χ4n) is 1.82. The Kier molecular flexibility index (Phi) is 5.58. The fourth-order valence-corrected chi connectivity index (χ4v) is 1.82. The molecule has 100 valence electrons. The summed E-state index contributed by atoms with van der Waals surface area (Å²) in [5.74, 6) is -0.339. The Morgan fingerprint density at radius 3 is 2.67 bits per heavy atom. The molecule has 18 heavy (non-hydrogen) atoms. The van der Waals surface area contributed by atoms with Crippen LogP contribution in [0.5, 0.6) is 0 Å². The van der Waals surface area contributed by atoms with Crippen molar-refractivity contribution < 1.29 is 9.18 Å². The van der Waals surface area contributed by atoms with Crippen LogP contribution in [0.25, 0.3) is 0 Å². The van der Waals surface area contributed by atoms with Crippen molar-refractivity contribution in [2.45, 2.75) is 13.5 Å². The number of hydrogen-bond acceptors (Lipinski definition) is 3. The average Bonchev–Trinajstić information content (AvgIpc) is 2.38. The lowest BCUT2D eigenvalue weighted by Crippen LogP contribution is -2.36. The van der Waals surface area contributed by atoms with Gasteiger partial charge in [0.25, 0.3) is 0 Å². The van der Waals surface area contributed by atoms with Gasteiger partial charge in [0.1, 0.15) is 5.82 Å². The lowest BCUT2D eigenvalue weighted by molar-refractivity contribution is -0.119. The van der Waals surface area contributed by atoms with Gasteiger partial charge in [0, 0.05) is 31.4 Å². The van der Waals surface area contributed by atoms with Crippen LogP contribution in [0, 0.1) is 5.82 Å². The van der Waals surface area contributed by atoms with Crippen molar-refractivity contribution in [3.05, 3.63) is 29.6 Å². The topological polar surface area (TPSA) is 44.4 Å². The van der Waals surface area contributed by atoms with Gasteiger partial charge < -0.3 is 15.5 Å². The van der Waals surface area contributed by atoms with E-state index in [9.17, 15) is 9.18 Å². The molecule has 0 saturated heterocycles. The van der Waals surface area contributed by atoms with E-state index in [0.717, 1.165) is 5.69 Å². The Bertz CT molecular complexity index is 409. The summed E-state index contributed by atoms with van der Waals surface area (Å²) in [6.07, 6.45) is 0. The monoisotopic (exact) mass is 253 g/mol. The molecule has 0 radical (unpaired) electrons. The number of nitrogens with one attached hydrogen (secondary N) is 2. The third-order valence-electron chi connectivity index (χ3n) is 2.78. The molecule has 0 spiro atoms. The highest BCUT2D eigenvalue weighted by Crippen LogP contribution is 2.23. The second-order valence-electron chi connectivity index (χ2n) is 3.96. The first-order valence-corrected chi connectivity index (χ1v) is 6.01. The summed E-state index contributed by atoms with van der Waals surface area (Å²) in [4.78, 5) is 13.3. The Labute approximate surface area is 107 Å². The van der Waals surface area contributed by atoms with Gasteiger partial charge in [-0.05, 0) is 26.1 Å². The van der Waals surface area contributed by atoms with E-state index in [2.05, 4.69) is 10.6 Å². The smallest absolute Gasteiger partial charge is 0.239 e. The molecule has 5 heteroatoms. The van der Waals surface area contributed by atoms with Crippen LogP contribution in [-0.2, 0) is 11.3 Å². The molecule has 1 amide bonds. The molecule has 0 atom stereocenters. The Morgan fingerprint density at radius 2 is 2.11 bits per heavy atom. The van der Waals surface area contributed by atoms with E-state index in [-0.39, 0.29) is 18.3 Å². The predicted molar refractivity (Wildman–Crippen MR) is 71.1 cm³/mol. The molecular weight excluding hydrogens is 233 g/mol. The van der Waals surface area contributed by atoms with Crippen LogP contribution in [0.15, 0.2) is 18.2 Å². The first-order chi connectivity index (χ1) is 8.63. The molecule has 0 fully saturated rings. The second kappa shape index (κ2) is 6.96. The maximum absolute atomic E-state index is 13.8. The molecule has 0 bridgehead atoms. The largest absolute Gasteiger partial charge is 0.362 e. The van der Waals surface area contributed by atoms with Gasteiger partial charge in [0.15, 0.2) is 0 Å². The molecule has 0 aliphatic rings. The lowest BCUT2D eigenvalue weighted by atomic mass is 10.1. The quantitative estimate of drug-likeness (QED) is 0.798. The van der Waals surface area contributed by atoms with Crippen LogP contribution in [0.2, 0.25) is 0 Å². The van der Waals surface area contributed by atoms with Crippen LogP contribution in [0.1, 0.15) is 12.5 Å². The van der Waals surface area contributed by atoms with Crippen molar-refractivity contribution in [2.75, 3.05) is 32.1 Å². The minimum Gasteiger partial charge on any atom is -0.362 e. The van der Waals surface area contributed by atoms with Crippen molar-refractivity contribution in [1.29, 1.82) is 0 Å². The summed E-state index contributed by atoms with van der Waals surface area (Å²) in [6, 6.07) is 4.93. The fraction of sp³-hybridized carbons (Fsp3) is 0.462. The third kappa shape index (κ3) is 3.43. The summed E-state index contributed by atoms with van der Waals surface area (Å²) in [7, 11) is 3.36. The Morgan fingerprint density at radius 1 is 1.39 bits per heavy atom. The number of halogens is 1. The normalized spacial score (nSPS) is 10.2. The Hall–Kier alpha value is -1.62. The minimum atomic E-state index is -0.253. The summed E-state index contributed by atoms with van der Waals surface area (Å²) in [5.41, 5.74) is 1.35. The molecule has 4 nitrogen and oxygen atoms in total. The third-order valence-corrected chi connectivity index (χ3v) is 2.78. The molecule has 1 aromatic rings. The molecule has 0 aromatic heterocycles. The number of nitrogens with zero attached hydrogens (tertiary/aromatic N) is 1. The number of carbonyl (C=O) groups is 1. The van der Waals surface area contributed by atoms with Crippen LogP contribution >= 0.6 is 0 Å². The van der Waals surface area contributed by atoms with Gasteiger partial charge >= 0.3 is 0 Å². The van der Waals surface area contributed by atoms with Crippen LogP contribution in [0.3, 0.4) is 0 Å². The second-order valence-corrected chi connectivity index (χ2v) is 3.96. The zero-order valence-electron chi connectivity index (χ0n) is 11.1. The van der Waals surface area contributed by atoms with Crippen LogP contribution < -0.4 is 15.5 Å². The van der Waals surface area contributed by atoms with Crippen molar-refractivity contribution >= 4 is 11.6 Å². The van der Waals surface area contributed by atoms with E-state index in [1.807, 2.05) is 17.9 Å².